The summed E-state index contributed by atoms with van der Waals surface area (Å²) in [5, 5.41) is 9.18. The molecule has 0 radical (unpaired) electrons. The Morgan fingerprint density at radius 2 is 1.39 bits per heavy atom. The summed E-state index contributed by atoms with van der Waals surface area (Å²) < 4.78 is 0. The van der Waals surface area contributed by atoms with Gasteiger partial charge in [-0.1, -0.05) is 63.1 Å². The van der Waals surface area contributed by atoms with Gasteiger partial charge in [0.15, 0.2) is 0 Å². The Morgan fingerprint density at radius 1 is 0.786 bits per heavy atom. The summed E-state index contributed by atoms with van der Waals surface area (Å²) in [5.74, 6) is 0.585. The molecule has 0 spiro atoms. The molecule has 1 saturated carbocycles. The molecule has 0 bridgehead atoms. The summed E-state index contributed by atoms with van der Waals surface area (Å²) >= 11 is 0. The largest absolute Gasteiger partial charge is 0.376 e. The zero-order chi connectivity index (χ0) is 19.9. The fourth-order valence-corrected chi connectivity index (χ4v) is 3.71. The van der Waals surface area contributed by atoms with Crippen molar-refractivity contribution < 1.29 is 9.59 Å². The first-order valence-electron chi connectivity index (χ1n) is 11.1. The molecule has 0 aromatic heterocycles. The number of rotatable bonds is 13. The van der Waals surface area contributed by atoms with Crippen molar-refractivity contribution in [1.29, 1.82) is 0 Å². The Kier molecular flexibility index (Phi) is 11.1. The number of unbranched alkanes of at least 4 members (excludes halogenated alkanes) is 5. The van der Waals surface area contributed by atoms with Crippen LogP contribution in [0, 0.1) is 5.92 Å². The highest BCUT2D eigenvalue weighted by Gasteiger charge is 2.20. The zero-order valence-corrected chi connectivity index (χ0v) is 17.2. The lowest BCUT2D eigenvalue weighted by atomic mass is 9.88. The van der Waals surface area contributed by atoms with E-state index in [1.807, 2.05) is 30.3 Å². The van der Waals surface area contributed by atoms with E-state index in [0.717, 1.165) is 57.3 Å². The fraction of sp³-hybridized carbons (Fsp3) is 0.652. The smallest absolute Gasteiger partial charge is 0.239 e. The maximum Gasteiger partial charge on any atom is 0.239 e. The van der Waals surface area contributed by atoms with E-state index in [2.05, 4.69) is 16.0 Å². The molecule has 1 aliphatic rings. The first-order chi connectivity index (χ1) is 13.8. The van der Waals surface area contributed by atoms with E-state index >= 15 is 0 Å². The molecule has 2 rings (SSSR count). The summed E-state index contributed by atoms with van der Waals surface area (Å²) in [6, 6.07) is 9.76. The highest BCUT2D eigenvalue weighted by atomic mass is 16.2. The summed E-state index contributed by atoms with van der Waals surface area (Å²) in [4.78, 5) is 23.8. The van der Waals surface area contributed by atoms with Crippen LogP contribution in [0.3, 0.4) is 0 Å². The minimum Gasteiger partial charge on any atom is -0.376 e. The molecular formula is C23H37N3O2. The van der Waals surface area contributed by atoms with Crippen molar-refractivity contribution in [3.8, 4) is 0 Å². The van der Waals surface area contributed by atoms with E-state index in [1.165, 1.54) is 32.1 Å². The van der Waals surface area contributed by atoms with Gasteiger partial charge in [-0.15, -0.1) is 0 Å². The van der Waals surface area contributed by atoms with Gasteiger partial charge >= 0.3 is 0 Å². The van der Waals surface area contributed by atoms with Crippen LogP contribution in [0.15, 0.2) is 30.3 Å². The highest BCUT2D eigenvalue weighted by Crippen LogP contribution is 2.23. The fourth-order valence-electron chi connectivity index (χ4n) is 3.71. The zero-order valence-electron chi connectivity index (χ0n) is 17.2. The van der Waals surface area contributed by atoms with E-state index < -0.39 is 0 Å². The Morgan fingerprint density at radius 3 is 2.07 bits per heavy atom. The van der Waals surface area contributed by atoms with Gasteiger partial charge in [-0.25, -0.2) is 0 Å². The van der Waals surface area contributed by atoms with E-state index in [-0.39, 0.29) is 17.7 Å². The van der Waals surface area contributed by atoms with Crippen LogP contribution >= 0.6 is 0 Å². The van der Waals surface area contributed by atoms with Gasteiger partial charge in [-0.2, -0.15) is 0 Å². The number of amides is 2. The molecule has 0 saturated heterocycles. The summed E-state index contributed by atoms with van der Waals surface area (Å²) in [6.45, 7) is 1.88. The lowest BCUT2D eigenvalue weighted by Gasteiger charge is -2.20. The van der Waals surface area contributed by atoms with E-state index in [1.54, 1.807) is 0 Å². The van der Waals surface area contributed by atoms with Gasteiger partial charge in [0.25, 0.3) is 0 Å². The first-order valence-corrected chi connectivity index (χ1v) is 11.1. The number of para-hydroxylation sites is 1. The summed E-state index contributed by atoms with van der Waals surface area (Å²) in [5.41, 5.74) is 0.965. The lowest BCUT2D eigenvalue weighted by Crippen LogP contribution is -2.32. The van der Waals surface area contributed by atoms with Gasteiger partial charge in [-0.05, 0) is 37.8 Å². The van der Waals surface area contributed by atoms with Crippen molar-refractivity contribution in [2.24, 2.45) is 5.92 Å². The number of hydrogen-bond acceptors (Lipinski definition) is 3. The van der Waals surface area contributed by atoms with E-state index in [9.17, 15) is 9.59 Å². The van der Waals surface area contributed by atoms with Gasteiger partial charge in [0.1, 0.15) is 0 Å². The van der Waals surface area contributed by atoms with Gasteiger partial charge in [0.05, 0.1) is 6.54 Å². The monoisotopic (exact) mass is 387 g/mol. The van der Waals surface area contributed by atoms with Gasteiger partial charge in [0, 0.05) is 24.7 Å². The molecule has 2 amide bonds. The maximum absolute atomic E-state index is 12.0. The molecular weight excluding hydrogens is 350 g/mol. The van der Waals surface area contributed by atoms with Crippen LogP contribution in [0.4, 0.5) is 5.69 Å². The van der Waals surface area contributed by atoms with Crippen molar-refractivity contribution in [2.45, 2.75) is 70.6 Å². The predicted octanol–water partition coefficient (Wildman–Crippen LogP) is 4.25. The molecule has 1 aliphatic carbocycles. The number of nitrogens with one attached hydrogen (secondary N) is 3. The molecule has 5 nitrogen and oxygen atoms in total. The maximum atomic E-state index is 12.0. The average molecular weight is 388 g/mol. The first kappa shape index (κ1) is 22.3. The molecule has 28 heavy (non-hydrogen) atoms. The third-order valence-corrected chi connectivity index (χ3v) is 5.43. The number of carbonyl (C=O) groups is 2. The standard InChI is InChI=1S/C23H37N3O2/c27-22(19-26-21-15-9-6-10-16-21)24-17-11-3-1-2-4-12-18-25-23(28)20-13-7-5-8-14-20/h6,9-10,15-16,20,26H,1-5,7-8,11-14,17-19H2,(H,24,27)(H,25,28). The van der Waals surface area contributed by atoms with Crippen molar-refractivity contribution >= 4 is 17.5 Å². The summed E-state index contributed by atoms with van der Waals surface area (Å²) in [6.07, 6.45) is 12.6. The molecule has 0 aliphatic heterocycles. The topological polar surface area (TPSA) is 70.2 Å². The number of benzene rings is 1. The Labute approximate surface area is 170 Å². The normalized spacial score (nSPS) is 14.4. The second kappa shape index (κ2) is 14.0. The number of carbonyl (C=O) groups excluding carboxylic acids is 2. The van der Waals surface area contributed by atoms with Crippen LogP contribution in [0.1, 0.15) is 70.6 Å². The van der Waals surface area contributed by atoms with Crippen molar-refractivity contribution in [3.05, 3.63) is 30.3 Å². The molecule has 1 aromatic rings. The molecule has 0 unspecified atom stereocenters. The second-order valence-electron chi connectivity index (χ2n) is 7.82. The average Bonchev–Trinajstić information content (AvgIpc) is 2.74. The third kappa shape index (κ3) is 9.77. The molecule has 5 heteroatoms. The molecule has 0 atom stereocenters. The molecule has 1 aromatic carbocycles. The minimum absolute atomic E-state index is 0.0394. The number of hydrogen-bond donors (Lipinski definition) is 3. The molecule has 0 heterocycles. The van der Waals surface area contributed by atoms with Gasteiger partial charge in [-0.3, -0.25) is 9.59 Å². The van der Waals surface area contributed by atoms with Gasteiger partial charge < -0.3 is 16.0 Å². The van der Waals surface area contributed by atoms with E-state index in [4.69, 9.17) is 0 Å². The van der Waals surface area contributed by atoms with Crippen LogP contribution in [-0.4, -0.2) is 31.4 Å². The molecule has 1 fully saturated rings. The predicted molar refractivity (Wildman–Crippen MR) is 115 cm³/mol. The SMILES string of the molecule is O=C(CNc1ccccc1)NCCCCCCCCNC(=O)C1CCCCC1. The number of anilines is 1. The van der Waals surface area contributed by atoms with Crippen molar-refractivity contribution in [3.63, 3.8) is 0 Å². The van der Waals surface area contributed by atoms with Crippen LogP contribution in [-0.2, 0) is 9.59 Å². The molecule has 156 valence electrons. The quantitative estimate of drug-likeness (QED) is 0.443. The van der Waals surface area contributed by atoms with E-state index in [0.29, 0.717) is 6.54 Å². The van der Waals surface area contributed by atoms with Gasteiger partial charge in [0.2, 0.25) is 11.8 Å². The van der Waals surface area contributed by atoms with Crippen molar-refractivity contribution in [1.82, 2.24) is 10.6 Å². The molecule has 3 N–H and O–H groups in total. The lowest BCUT2D eigenvalue weighted by molar-refractivity contribution is -0.126. The van der Waals surface area contributed by atoms with Crippen molar-refractivity contribution in [2.75, 3.05) is 25.0 Å². The summed E-state index contributed by atoms with van der Waals surface area (Å²) in [7, 11) is 0. The van der Waals surface area contributed by atoms with Crippen LogP contribution in [0.5, 0.6) is 0 Å². The Hall–Kier alpha value is -2.04. The van der Waals surface area contributed by atoms with Crippen LogP contribution in [0.2, 0.25) is 0 Å². The second-order valence-corrected chi connectivity index (χ2v) is 7.82. The third-order valence-electron chi connectivity index (χ3n) is 5.43. The highest BCUT2D eigenvalue weighted by molar-refractivity contribution is 5.80. The Balaban J connectivity index is 1.34. The van der Waals surface area contributed by atoms with Crippen LogP contribution in [0.25, 0.3) is 0 Å². The Bertz CT molecular complexity index is 556. The minimum atomic E-state index is 0.0394. The van der Waals surface area contributed by atoms with Crippen LogP contribution < -0.4 is 16.0 Å².